The van der Waals surface area contributed by atoms with E-state index in [1.807, 2.05) is 0 Å². The highest BCUT2D eigenvalue weighted by molar-refractivity contribution is 6.10. The number of imide groups is 1. The first kappa shape index (κ1) is 14.0. The molecule has 4 nitrogen and oxygen atoms in total. The van der Waals surface area contributed by atoms with Gasteiger partial charge in [0.15, 0.2) is 0 Å². The maximum atomic E-state index is 12.1. The number of benzene rings is 2. The van der Waals surface area contributed by atoms with Crippen LogP contribution < -0.4 is 5.32 Å². The van der Waals surface area contributed by atoms with Crippen LogP contribution in [0.2, 0.25) is 0 Å². The Morgan fingerprint density at radius 2 is 1.55 bits per heavy atom. The molecule has 2 rings (SSSR count). The van der Waals surface area contributed by atoms with E-state index in [1.165, 1.54) is 0 Å². The Morgan fingerprint density at radius 3 is 2.25 bits per heavy atom. The van der Waals surface area contributed by atoms with Crippen LogP contribution in [0, 0.1) is 0 Å². The number of amides is 2. The molecule has 0 radical (unpaired) electrons. The maximum absolute atomic E-state index is 12.1. The molecule has 0 aliphatic heterocycles. The van der Waals surface area contributed by atoms with E-state index in [0.717, 1.165) is 0 Å². The van der Waals surface area contributed by atoms with Gasteiger partial charge in [0.1, 0.15) is 0 Å². The number of carbonyl (C=O) groups is 2. The van der Waals surface area contributed by atoms with Gasteiger partial charge in [-0.2, -0.15) is 0 Å². The second-order valence-corrected chi connectivity index (χ2v) is 4.28. The standard InChI is InChI=1S/C16H15NO3/c18-11-10-12-6-4-5-9-14(12)16(20)17-15(19)13-7-2-1-3-8-13/h1-9,18H,10-11H2,(H,17,19,20). The van der Waals surface area contributed by atoms with Crippen molar-refractivity contribution in [1.82, 2.24) is 5.32 Å². The number of nitrogens with one attached hydrogen (secondary N) is 1. The van der Waals surface area contributed by atoms with E-state index in [9.17, 15) is 9.59 Å². The smallest absolute Gasteiger partial charge is 0.258 e. The normalized spacial score (nSPS) is 10.1. The number of hydrogen-bond acceptors (Lipinski definition) is 3. The first-order valence-electron chi connectivity index (χ1n) is 6.32. The van der Waals surface area contributed by atoms with E-state index in [2.05, 4.69) is 5.32 Å². The van der Waals surface area contributed by atoms with Crippen molar-refractivity contribution in [3.8, 4) is 0 Å². The van der Waals surface area contributed by atoms with Crippen LogP contribution in [0.15, 0.2) is 54.6 Å². The average Bonchev–Trinajstić information content (AvgIpc) is 2.49. The van der Waals surface area contributed by atoms with Crippen LogP contribution in [0.5, 0.6) is 0 Å². The lowest BCUT2D eigenvalue weighted by Crippen LogP contribution is -2.31. The molecule has 0 saturated heterocycles. The molecular weight excluding hydrogens is 254 g/mol. The predicted molar refractivity (Wildman–Crippen MR) is 75.5 cm³/mol. The second kappa shape index (κ2) is 6.63. The molecule has 0 unspecified atom stereocenters. The van der Waals surface area contributed by atoms with Gasteiger partial charge in [0, 0.05) is 17.7 Å². The van der Waals surface area contributed by atoms with E-state index in [0.29, 0.717) is 23.1 Å². The number of carbonyl (C=O) groups excluding carboxylic acids is 2. The van der Waals surface area contributed by atoms with E-state index >= 15 is 0 Å². The quantitative estimate of drug-likeness (QED) is 0.832. The molecule has 0 saturated carbocycles. The molecule has 0 spiro atoms. The van der Waals surface area contributed by atoms with E-state index in [-0.39, 0.29) is 6.61 Å². The average molecular weight is 269 g/mol. The van der Waals surface area contributed by atoms with Crippen LogP contribution in [0.25, 0.3) is 0 Å². The third-order valence-corrected chi connectivity index (χ3v) is 2.91. The molecule has 4 heteroatoms. The van der Waals surface area contributed by atoms with Gasteiger partial charge in [0.25, 0.3) is 11.8 Å². The molecule has 0 fully saturated rings. The Balaban J connectivity index is 2.15. The van der Waals surface area contributed by atoms with Gasteiger partial charge >= 0.3 is 0 Å². The minimum atomic E-state index is -0.456. The van der Waals surface area contributed by atoms with Crippen molar-refractivity contribution in [2.75, 3.05) is 6.61 Å². The molecule has 0 aliphatic rings. The highest BCUT2D eigenvalue weighted by atomic mass is 16.3. The highest BCUT2D eigenvalue weighted by Crippen LogP contribution is 2.10. The molecule has 2 amide bonds. The predicted octanol–water partition coefficient (Wildman–Crippen LogP) is 1.79. The topological polar surface area (TPSA) is 66.4 Å². The summed E-state index contributed by atoms with van der Waals surface area (Å²) in [4.78, 5) is 24.0. The molecule has 0 bridgehead atoms. The van der Waals surface area contributed by atoms with Crippen LogP contribution in [0.3, 0.4) is 0 Å². The molecule has 0 aromatic heterocycles. The summed E-state index contributed by atoms with van der Waals surface area (Å²) in [5, 5.41) is 11.3. The Morgan fingerprint density at radius 1 is 0.900 bits per heavy atom. The second-order valence-electron chi connectivity index (χ2n) is 4.28. The third-order valence-electron chi connectivity index (χ3n) is 2.91. The van der Waals surface area contributed by atoms with E-state index in [1.54, 1.807) is 54.6 Å². The van der Waals surface area contributed by atoms with Crippen molar-refractivity contribution in [3.63, 3.8) is 0 Å². The lowest BCUT2D eigenvalue weighted by atomic mass is 10.0. The van der Waals surface area contributed by atoms with Gasteiger partial charge in [-0.05, 0) is 30.2 Å². The summed E-state index contributed by atoms with van der Waals surface area (Å²) >= 11 is 0. The Labute approximate surface area is 117 Å². The number of aliphatic hydroxyl groups is 1. The van der Waals surface area contributed by atoms with Gasteiger partial charge in [0.2, 0.25) is 0 Å². The molecule has 102 valence electrons. The van der Waals surface area contributed by atoms with Crippen LogP contribution in [0.1, 0.15) is 26.3 Å². The summed E-state index contributed by atoms with van der Waals surface area (Å²) in [7, 11) is 0. The molecule has 2 aromatic rings. The van der Waals surface area contributed by atoms with Crippen LogP contribution in [-0.2, 0) is 6.42 Å². The zero-order chi connectivity index (χ0) is 14.4. The summed E-state index contributed by atoms with van der Waals surface area (Å²) in [5.41, 5.74) is 1.56. The zero-order valence-electron chi connectivity index (χ0n) is 10.9. The van der Waals surface area contributed by atoms with Gasteiger partial charge in [-0.1, -0.05) is 36.4 Å². The third kappa shape index (κ3) is 3.30. The van der Waals surface area contributed by atoms with Crippen molar-refractivity contribution in [1.29, 1.82) is 0 Å². The Bertz CT molecular complexity index is 608. The molecule has 0 heterocycles. The minimum absolute atomic E-state index is 0.0447. The Hall–Kier alpha value is -2.46. The SMILES string of the molecule is O=C(NC(=O)c1ccccc1CCO)c1ccccc1. The first-order valence-corrected chi connectivity index (χ1v) is 6.32. The van der Waals surface area contributed by atoms with Crippen molar-refractivity contribution in [2.45, 2.75) is 6.42 Å². The summed E-state index contributed by atoms with van der Waals surface area (Å²) in [6, 6.07) is 15.5. The number of hydrogen-bond donors (Lipinski definition) is 2. The number of aliphatic hydroxyl groups excluding tert-OH is 1. The van der Waals surface area contributed by atoms with Gasteiger partial charge in [-0.3, -0.25) is 14.9 Å². The summed E-state index contributed by atoms with van der Waals surface area (Å²) in [5.74, 6) is -0.891. The largest absolute Gasteiger partial charge is 0.396 e. The van der Waals surface area contributed by atoms with E-state index < -0.39 is 11.8 Å². The summed E-state index contributed by atoms with van der Waals surface area (Å²) in [6.45, 7) is -0.0447. The zero-order valence-corrected chi connectivity index (χ0v) is 10.9. The molecule has 0 aliphatic carbocycles. The summed E-state index contributed by atoms with van der Waals surface area (Å²) < 4.78 is 0. The van der Waals surface area contributed by atoms with Crippen LogP contribution in [-0.4, -0.2) is 23.5 Å². The molecule has 2 aromatic carbocycles. The van der Waals surface area contributed by atoms with Crippen LogP contribution in [0.4, 0.5) is 0 Å². The monoisotopic (exact) mass is 269 g/mol. The fourth-order valence-corrected chi connectivity index (χ4v) is 1.91. The van der Waals surface area contributed by atoms with Gasteiger partial charge in [-0.25, -0.2) is 0 Å². The van der Waals surface area contributed by atoms with Gasteiger partial charge < -0.3 is 5.11 Å². The Kier molecular flexibility index (Phi) is 4.63. The van der Waals surface area contributed by atoms with Crippen molar-refractivity contribution in [3.05, 3.63) is 71.3 Å². The highest BCUT2D eigenvalue weighted by Gasteiger charge is 2.14. The lowest BCUT2D eigenvalue weighted by Gasteiger charge is -2.08. The fraction of sp³-hybridized carbons (Fsp3) is 0.125. The lowest BCUT2D eigenvalue weighted by molar-refractivity contribution is 0.0849. The van der Waals surface area contributed by atoms with Crippen molar-refractivity contribution < 1.29 is 14.7 Å². The summed E-state index contributed by atoms with van der Waals surface area (Å²) in [6.07, 6.45) is 0.378. The number of rotatable bonds is 4. The van der Waals surface area contributed by atoms with E-state index in [4.69, 9.17) is 5.11 Å². The fourth-order valence-electron chi connectivity index (χ4n) is 1.91. The maximum Gasteiger partial charge on any atom is 0.258 e. The van der Waals surface area contributed by atoms with Crippen molar-refractivity contribution >= 4 is 11.8 Å². The van der Waals surface area contributed by atoms with Gasteiger partial charge in [0.05, 0.1) is 0 Å². The molecule has 20 heavy (non-hydrogen) atoms. The molecule has 0 atom stereocenters. The van der Waals surface area contributed by atoms with Crippen molar-refractivity contribution in [2.24, 2.45) is 0 Å². The van der Waals surface area contributed by atoms with Crippen LogP contribution >= 0.6 is 0 Å². The minimum Gasteiger partial charge on any atom is -0.396 e. The first-order chi connectivity index (χ1) is 9.72. The molecular formula is C16H15NO3. The molecule has 2 N–H and O–H groups in total. The van der Waals surface area contributed by atoms with Gasteiger partial charge in [-0.15, -0.1) is 0 Å².